The van der Waals surface area contributed by atoms with Crippen molar-refractivity contribution in [3.63, 3.8) is 0 Å². The summed E-state index contributed by atoms with van der Waals surface area (Å²) in [7, 11) is 0. The Hall–Kier alpha value is -0.160. The summed E-state index contributed by atoms with van der Waals surface area (Å²) in [6.07, 6.45) is 0. The fourth-order valence-electron chi connectivity index (χ4n) is 2.73. The monoisotopic (exact) mass is 246 g/mol. The first-order valence-electron chi connectivity index (χ1n) is 6.03. The zero-order valence-electron chi connectivity index (χ0n) is 12.0. The number of rotatable bonds is 1. The van der Waals surface area contributed by atoms with E-state index in [0.29, 0.717) is 0 Å². The topological polar surface area (TPSA) is 69.9 Å². The van der Waals surface area contributed by atoms with Crippen LogP contribution in [-0.2, 0) is 4.74 Å². The van der Waals surface area contributed by atoms with Gasteiger partial charge in [0.25, 0.3) is 0 Å². The van der Waals surface area contributed by atoms with Crippen molar-refractivity contribution in [3.8, 4) is 0 Å². The van der Waals surface area contributed by atoms with Crippen LogP contribution >= 0.6 is 0 Å². The van der Waals surface area contributed by atoms with Crippen LogP contribution in [0, 0.1) is 5.41 Å². The molecule has 0 aliphatic carbocycles. The molecule has 1 aliphatic heterocycles. The summed E-state index contributed by atoms with van der Waals surface area (Å²) >= 11 is 0. The van der Waals surface area contributed by atoms with E-state index in [-0.39, 0.29) is 6.61 Å². The third kappa shape index (κ3) is 1.51. The Balaban J connectivity index is 3.46. The van der Waals surface area contributed by atoms with Crippen LogP contribution in [0.4, 0.5) is 0 Å². The van der Waals surface area contributed by atoms with Crippen molar-refractivity contribution in [3.05, 3.63) is 0 Å². The van der Waals surface area contributed by atoms with Crippen molar-refractivity contribution < 1.29 is 20.1 Å². The number of ether oxygens (including phenoxy) is 1. The van der Waals surface area contributed by atoms with Gasteiger partial charge < -0.3 is 20.1 Å². The molecule has 0 aromatic rings. The fourth-order valence-corrected chi connectivity index (χ4v) is 2.73. The van der Waals surface area contributed by atoms with Crippen LogP contribution in [0.25, 0.3) is 0 Å². The molecule has 0 bridgehead atoms. The van der Waals surface area contributed by atoms with Gasteiger partial charge in [0.1, 0.15) is 11.2 Å². The van der Waals surface area contributed by atoms with Gasteiger partial charge in [-0.3, -0.25) is 0 Å². The Bertz CT molecular complexity index is 317. The fraction of sp³-hybridized carbons (Fsp3) is 1.00. The van der Waals surface area contributed by atoms with Crippen molar-refractivity contribution >= 4 is 0 Å². The average molecular weight is 246 g/mol. The first kappa shape index (κ1) is 14.9. The van der Waals surface area contributed by atoms with Crippen molar-refractivity contribution in [2.24, 2.45) is 5.41 Å². The lowest BCUT2D eigenvalue weighted by Gasteiger charge is -2.66. The van der Waals surface area contributed by atoms with E-state index < -0.39 is 27.8 Å². The third-order valence-electron chi connectivity index (χ3n) is 5.44. The lowest BCUT2D eigenvalue weighted by Crippen LogP contribution is -2.79. The molecule has 102 valence electrons. The van der Waals surface area contributed by atoms with Gasteiger partial charge in [-0.05, 0) is 34.6 Å². The number of aliphatic hydroxyl groups is 3. The van der Waals surface area contributed by atoms with Gasteiger partial charge in [-0.15, -0.1) is 0 Å². The molecule has 17 heavy (non-hydrogen) atoms. The van der Waals surface area contributed by atoms with Crippen molar-refractivity contribution in [1.29, 1.82) is 0 Å². The highest BCUT2D eigenvalue weighted by molar-refractivity contribution is 5.19. The normalized spacial score (nSPS) is 49.1. The van der Waals surface area contributed by atoms with Crippen LogP contribution in [0.5, 0.6) is 0 Å². The number of aliphatic hydroxyl groups excluding tert-OH is 1. The molecule has 3 unspecified atom stereocenters. The molecule has 0 aromatic carbocycles. The van der Waals surface area contributed by atoms with Crippen molar-refractivity contribution in [1.82, 2.24) is 0 Å². The minimum atomic E-state index is -1.42. The summed E-state index contributed by atoms with van der Waals surface area (Å²) < 4.78 is 5.92. The Morgan fingerprint density at radius 2 is 1.24 bits per heavy atom. The molecule has 4 heteroatoms. The first-order valence-corrected chi connectivity index (χ1v) is 6.03. The highest BCUT2D eigenvalue weighted by Gasteiger charge is 2.70. The Morgan fingerprint density at radius 3 is 1.59 bits per heavy atom. The second kappa shape index (κ2) is 3.44. The van der Waals surface area contributed by atoms with Crippen LogP contribution in [0.3, 0.4) is 0 Å². The van der Waals surface area contributed by atoms with Gasteiger partial charge in [0.2, 0.25) is 0 Å². The molecule has 3 N–H and O–H groups in total. The number of hydrogen-bond acceptors (Lipinski definition) is 4. The van der Waals surface area contributed by atoms with Crippen LogP contribution in [0.15, 0.2) is 0 Å². The SMILES string of the molecule is CC1(C)OC(C)(CO)C(C)(C)C(C)(O)C1(C)O. The predicted molar refractivity (Wildman–Crippen MR) is 65.7 cm³/mol. The molecule has 1 aliphatic rings. The smallest absolute Gasteiger partial charge is 0.119 e. The van der Waals surface area contributed by atoms with Crippen molar-refractivity contribution in [2.45, 2.75) is 70.9 Å². The van der Waals surface area contributed by atoms with Crippen LogP contribution in [0.2, 0.25) is 0 Å². The quantitative estimate of drug-likeness (QED) is 0.647. The van der Waals surface area contributed by atoms with Gasteiger partial charge in [-0.25, -0.2) is 0 Å². The molecule has 0 aromatic heterocycles. The summed E-state index contributed by atoms with van der Waals surface area (Å²) in [6.45, 7) is 11.8. The molecular formula is C13H26O4. The lowest BCUT2D eigenvalue weighted by molar-refractivity contribution is -0.379. The van der Waals surface area contributed by atoms with E-state index in [1.54, 1.807) is 48.5 Å². The van der Waals surface area contributed by atoms with E-state index in [1.807, 2.05) is 0 Å². The maximum atomic E-state index is 10.8. The highest BCUT2D eigenvalue weighted by Crippen LogP contribution is 2.57. The molecule has 1 fully saturated rings. The van der Waals surface area contributed by atoms with Gasteiger partial charge >= 0.3 is 0 Å². The second-order valence-electron chi connectivity index (χ2n) is 6.77. The summed E-state index contributed by atoms with van der Waals surface area (Å²) in [5.74, 6) is 0. The minimum absolute atomic E-state index is 0.213. The lowest BCUT2D eigenvalue weighted by atomic mass is 9.53. The molecule has 0 spiro atoms. The maximum Gasteiger partial charge on any atom is 0.119 e. The molecule has 0 radical (unpaired) electrons. The van der Waals surface area contributed by atoms with E-state index in [9.17, 15) is 15.3 Å². The molecule has 0 saturated carbocycles. The summed E-state index contributed by atoms with van der Waals surface area (Å²) in [5, 5.41) is 31.0. The third-order valence-corrected chi connectivity index (χ3v) is 5.44. The second-order valence-corrected chi connectivity index (χ2v) is 6.77. The van der Waals surface area contributed by atoms with E-state index in [1.165, 1.54) is 0 Å². The zero-order chi connectivity index (χ0) is 13.9. The van der Waals surface area contributed by atoms with Gasteiger partial charge in [-0.1, -0.05) is 13.8 Å². The van der Waals surface area contributed by atoms with Crippen LogP contribution in [0.1, 0.15) is 48.5 Å². The predicted octanol–water partition coefficient (Wildman–Crippen LogP) is 1.07. The van der Waals surface area contributed by atoms with Crippen LogP contribution < -0.4 is 0 Å². The molecule has 1 rings (SSSR count). The van der Waals surface area contributed by atoms with Gasteiger partial charge in [-0.2, -0.15) is 0 Å². The largest absolute Gasteiger partial charge is 0.393 e. The van der Waals surface area contributed by atoms with Gasteiger partial charge in [0.15, 0.2) is 0 Å². The molecule has 1 saturated heterocycles. The summed E-state index contributed by atoms with van der Waals surface area (Å²) in [4.78, 5) is 0. The number of hydrogen-bond donors (Lipinski definition) is 3. The van der Waals surface area contributed by atoms with E-state index in [4.69, 9.17) is 4.74 Å². The average Bonchev–Trinajstić information content (AvgIpc) is 2.14. The van der Waals surface area contributed by atoms with Gasteiger partial charge in [0.05, 0.1) is 17.8 Å². The molecule has 3 atom stereocenters. The Labute approximate surface area is 104 Å². The van der Waals surface area contributed by atoms with Gasteiger partial charge in [0, 0.05) is 5.41 Å². The molecule has 4 nitrogen and oxygen atoms in total. The molecule has 1 heterocycles. The van der Waals surface area contributed by atoms with E-state index in [0.717, 1.165) is 0 Å². The van der Waals surface area contributed by atoms with Crippen LogP contribution in [-0.4, -0.2) is 44.3 Å². The first-order chi connectivity index (χ1) is 7.27. The maximum absolute atomic E-state index is 10.8. The summed E-state index contributed by atoms with van der Waals surface area (Å²) in [6, 6.07) is 0. The molecule has 0 amide bonds. The highest BCUT2D eigenvalue weighted by atomic mass is 16.6. The van der Waals surface area contributed by atoms with E-state index >= 15 is 0 Å². The van der Waals surface area contributed by atoms with E-state index in [2.05, 4.69) is 0 Å². The Morgan fingerprint density at radius 1 is 0.824 bits per heavy atom. The molecular weight excluding hydrogens is 220 g/mol. The standard InChI is InChI=1S/C13H26O4/c1-9(2)11(5,8-14)17-10(3,4)13(7,16)12(9,6)15/h14-16H,8H2,1-7H3. The van der Waals surface area contributed by atoms with Crippen molar-refractivity contribution in [2.75, 3.05) is 6.61 Å². The minimum Gasteiger partial charge on any atom is -0.393 e. The Kier molecular flexibility index (Phi) is 3.02. The zero-order valence-corrected chi connectivity index (χ0v) is 12.0. The summed E-state index contributed by atoms with van der Waals surface area (Å²) in [5.41, 5.74) is -5.48.